The van der Waals surface area contributed by atoms with E-state index < -0.39 is 0 Å². The van der Waals surface area contributed by atoms with Gasteiger partial charge in [0.15, 0.2) is 0 Å². The molecule has 0 spiro atoms. The van der Waals surface area contributed by atoms with Crippen LogP contribution < -0.4 is 5.32 Å². The maximum Gasteiger partial charge on any atom is 0.224 e. The number of benzene rings is 1. The van der Waals surface area contributed by atoms with Gasteiger partial charge in [0.1, 0.15) is 11.6 Å². The number of nitrogens with one attached hydrogen (secondary N) is 1. The molecular formula is C16H20N4O. The average molecular weight is 284 g/mol. The van der Waals surface area contributed by atoms with Crippen molar-refractivity contribution in [3.63, 3.8) is 0 Å². The third-order valence-electron chi connectivity index (χ3n) is 3.84. The predicted octanol–water partition coefficient (Wildman–Crippen LogP) is 1.43. The minimum Gasteiger partial charge on any atom is -0.355 e. The minimum absolute atomic E-state index is 0.0556. The smallest absolute Gasteiger partial charge is 0.224 e. The van der Waals surface area contributed by atoms with Crippen molar-refractivity contribution >= 4 is 5.91 Å². The van der Waals surface area contributed by atoms with Crippen molar-refractivity contribution in [1.82, 2.24) is 20.1 Å². The number of hydrogen-bond acceptors (Lipinski definition) is 3. The lowest BCUT2D eigenvalue weighted by atomic mass is 10.1. The standard InChI is InChI=1S/C16H20N4O/c1-12-4-6-13(7-5-12)11-16(21)17-9-8-15-19-18-14-3-2-10-20(14)15/h4-7H,2-3,8-11H2,1H3,(H,17,21). The van der Waals surface area contributed by atoms with Gasteiger partial charge in [0.05, 0.1) is 6.42 Å². The molecule has 1 aliphatic heterocycles. The Bertz CT molecular complexity index is 630. The molecule has 1 aliphatic rings. The van der Waals surface area contributed by atoms with E-state index in [1.807, 2.05) is 31.2 Å². The maximum atomic E-state index is 11.9. The fourth-order valence-electron chi connectivity index (χ4n) is 2.66. The SMILES string of the molecule is Cc1ccc(CC(=O)NCCc2nnc3n2CCC3)cc1. The van der Waals surface area contributed by atoms with Crippen molar-refractivity contribution in [3.8, 4) is 0 Å². The van der Waals surface area contributed by atoms with Crippen LogP contribution in [-0.4, -0.2) is 27.2 Å². The van der Waals surface area contributed by atoms with Gasteiger partial charge in [-0.05, 0) is 18.9 Å². The van der Waals surface area contributed by atoms with Crippen LogP contribution in [-0.2, 0) is 30.6 Å². The second-order valence-corrected chi connectivity index (χ2v) is 5.55. The molecule has 0 saturated heterocycles. The van der Waals surface area contributed by atoms with Gasteiger partial charge in [-0.2, -0.15) is 0 Å². The van der Waals surface area contributed by atoms with Crippen molar-refractivity contribution in [2.24, 2.45) is 0 Å². The molecule has 2 aromatic rings. The first kappa shape index (κ1) is 13.8. The molecule has 0 bridgehead atoms. The van der Waals surface area contributed by atoms with Gasteiger partial charge in [-0.25, -0.2) is 0 Å². The molecule has 1 aromatic heterocycles. The van der Waals surface area contributed by atoms with Crippen molar-refractivity contribution in [2.45, 2.75) is 39.2 Å². The van der Waals surface area contributed by atoms with Gasteiger partial charge < -0.3 is 9.88 Å². The summed E-state index contributed by atoms with van der Waals surface area (Å²) >= 11 is 0. The molecule has 21 heavy (non-hydrogen) atoms. The molecule has 1 aromatic carbocycles. The largest absolute Gasteiger partial charge is 0.355 e. The highest BCUT2D eigenvalue weighted by molar-refractivity contribution is 5.78. The molecule has 1 amide bonds. The van der Waals surface area contributed by atoms with E-state index >= 15 is 0 Å². The number of fused-ring (bicyclic) bond motifs is 1. The number of carbonyl (C=O) groups excluding carboxylic acids is 1. The van der Waals surface area contributed by atoms with E-state index in [2.05, 4.69) is 20.1 Å². The molecule has 0 radical (unpaired) electrons. The van der Waals surface area contributed by atoms with Gasteiger partial charge in [-0.1, -0.05) is 29.8 Å². The predicted molar refractivity (Wildman–Crippen MR) is 79.9 cm³/mol. The molecule has 110 valence electrons. The zero-order chi connectivity index (χ0) is 14.7. The van der Waals surface area contributed by atoms with Gasteiger partial charge >= 0.3 is 0 Å². The number of aryl methyl sites for hydroxylation is 2. The Balaban J connectivity index is 1.46. The lowest BCUT2D eigenvalue weighted by molar-refractivity contribution is -0.120. The number of carbonyl (C=O) groups is 1. The summed E-state index contributed by atoms with van der Waals surface area (Å²) in [5.41, 5.74) is 2.25. The summed E-state index contributed by atoms with van der Waals surface area (Å²) in [6, 6.07) is 8.06. The number of rotatable bonds is 5. The van der Waals surface area contributed by atoms with Gasteiger partial charge in [0.2, 0.25) is 5.91 Å². The number of hydrogen-bond donors (Lipinski definition) is 1. The van der Waals surface area contributed by atoms with Crippen LogP contribution in [0.25, 0.3) is 0 Å². The average Bonchev–Trinajstić information content (AvgIpc) is 3.06. The lowest BCUT2D eigenvalue weighted by Gasteiger charge is -2.06. The lowest BCUT2D eigenvalue weighted by Crippen LogP contribution is -2.27. The molecule has 0 fully saturated rings. The van der Waals surface area contributed by atoms with Crippen LogP contribution in [0.2, 0.25) is 0 Å². The van der Waals surface area contributed by atoms with Gasteiger partial charge in [0, 0.05) is 25.9 Å². The second-order valence-electron chi connectivity index (χ2n) is 5.55. The van der Waals surface area contributed by atoms with Crippen molar-refractivity contribution in [3.05, 3.63) is 47.0 Å². The molecule has 3 rings (SSSR count). The van der Waals surface area contributed by atoms with Crippen LogP contribution in [0.5, 0.6) is 0 Å². The third kappa shape index (κ3) is 3.29. The van der Waals surface area contributed by atoms with Gasteiger partial charge in [0.25, 0.3) is 0 Å². The molecule has 1 N–H and O–H groups in total. The first-order chi connectivity index (χ1) is 10.2. The number of nitrogens with zero attached hydrogens (tertiary/aromatic N) is 3. The summed E-state index contributed by atoms with van der Waals surface area (Å²) < 4.78 is 2.17. The van der Waals surface area contributed by atoms with Crippen LogP contribution in [0.3, 0.4) is 0 Å². The first-order valence-corrected chi connectivity index (χ1v) is 7.45. The van der Waals surface area contributed by atoms with Gasteiger partial charge in [-0.3, -0.25) is 4.79 Å². The monoisotopic (exact) mass is 284 g/mol. The zero-order valence-electron chi connectivity index (χ0n) is 12.3. The maximum absolute atomic E-state index is 11.9. The number of amides is 1. The fourth-order valence-corrected chi connectivity index (χ4v) is 2.66. The topological polar surface area (TPSA) is 59.8 Å². The minimum atomic E-state index is 0.0556. The summed E-state index contributed by atoms with van der Waals surface area (Å²) in [6.07, 6.45) is 3.34. The Morgan fingerprint density at radius 2 is 2.10 bits per heavy atom. The molecule has 0 saturated carbocycles. The Morgan fingerprint density at radius 1 is 1.29 bits per heavy atom. The summed E-state index contributed by atoms with van der Waals surface area (Å²) in [4.78, 5) is 11.9. The Kier molecular flexibility index (Phi) is 3.99. The zero-order valence-corrected chi connectivity index (χ0v) is 12.3. The second kappa shape index (κ2) is 6.08. The van der Waals surface area contributed by atoms with Crippen LogP contribution in [0.1, 0.15) is 29.2 Å². The fraction of sp³-hybridized carbons (Fsp3) is 0.438. The van der Waals surface area contributed by atoms with Crippen molar-refractivity contribution in [2.75, 3.05) is 6.54 Å². The molecule has 0 atom stereocenters. The normalized spacial score (nSPS) is 13.2. The van der Waals surface area contributed by atoms with E-state index in [1.54, 1.807) is 0 Å². The van der Waals surface area contributed by atoms with E-state index in [4.69, 9.17) is 0 Å². The van der Waals surface area contributed by atoms with Crippen molar-refractivity contribution in [1.29, 1.82) is 0 Å². The summed E-state index contributed by atoms with van der Waals surface area (Å²) in [5, 5.41) is 11.3. The molecule has 2 heterocycles. The van der Waals surface area contributed by atoms with E-state index in [9.17, 15) is 4.79 Å². The van der Waals surface area contributed by atoms with E-state index in [0.717, 1.165) is 43.0 Å². The Labute approximate surface area is 124 Å². The molecule has 0 unspecified atom stereocenters. The van der Waals surface area contributed by atoms with E-state index in [-0.39, 0.29) is 5.91 Å². The number of aromatic nitrogens is 3. The molecule has 5 heteroatoms. The highest BCUT2D eigenvalue weighted by atomic mass is 16.1. The van der Waals surface area contributed by atoms with Crippen LogP contribution in [0.4, 0.5) is 0 Å². The third-order valence-corrected chi connectivity index (χ3v) is 3.84. The van der Waals surface area contributed by atoms with E-state index in [0.29, 0.717) is 13.0 Å². The highest BCUT2D eigenvalue weighted by Crippen LogP contribution is 2.13. The summed E-state index contributed by atoms with van der Waals surface area (Å²) in [5.74, 6) is 2.12. The van der Waals surface area contributed by atoms with Crippen LogP contribution in [0, 0.1) is 6.92 Å². The van der Waals surface area contributed by atoms with Crippen LogP contribution in [0.15, 0.2) is 24.3 Å². The van der Waals surface area contributed by atoms with Crippen LogP contribution >= 0.6 is 0 Å². The first-order valence-electron chi connectivity index (χ1n) is 7.45. The summed E-state index contributed by atoms with van der Waals surface area (Å²) in [6.45, 7) is 3.67. The Hall–Kier alpha value is -2.17. The van der Waals surface area contributed by atoms with Crippen molar-refractivity contribution < 1.29 is 4.79 Å². The molecule has 0 aliphatic carbocycles. The molecular weight excluding hydrogens is 264 g/mol. The molecule has 5 nitrogen and oxygen atoms in total. The summed E-state index contributed by atoms with van der Waals surface area (Å²) in [7, 11) is 0. The van der Waals surface area contributed by atoms with Gasteiger partial charge in [-0.15, -0.1) is 10.2 Å². The van der Waals surface area contributed by atoms with E-state index in [1.165, 1.54) is 5.56 Å². The quantitative estimate of drug-likeness (QED) is 0.903. The Morgan fingerprint density at radius 3 is 2.90 bits per heavy atom. The highest BCUT2D eigenvalue weighted by Gasteiger charge is 2.16.